The monoisotopic (exact) mass is 302 g/mol. The van der Waals surface area contributed by atoms with Crippen LogP contribution in [0.15, 0.2) is 42.0 Å². The molecule has 0 aliphatic heterocycles. The van der Waals surface area contributed by atoms with E-state index in [2.05, 4.69) is 0 Å². The molecule has 0 radical (unpaired) electrons. The number of esters is 2. The molecular formula is C17H18O5. The van der Waals surface area contributed by atoms with Gasteiger partial charge in [-0.3, -0.25) is 9.59 Å². The van der Waals surface area contributed by atoms with E-state index in [-0.39, 0.29) is 24.4 Å². The summed E-state index contributed by atoms with van der Waals surface area (Å²) < 4.78 is 9.90. The van der Waals surface area contributed by atoms with Gasteiger partial charge in [-0.05, 0) is 25.0 Å². The molecule has 0 saturated heterocycles. The van der Waals surface area contributed by atoms with Gasteiger partial charge in [-0.25, -0.2) is 4.79 Å². The number of hydrogen-bond acceptors (Lipinski definition) is 5. The smallest absolute Gasteiger partial charge is 0.341 e. The van der Waals surface area contributed by atoms with E-state index in [4.69, 9.17) is 9.47 Å². The molecule has 0 heterocycles. The first kappa shape index (κ1) is 15.9. The van der Waals surface area contributed by atoms with E-state index in [0.29, 0.717) is 6.42 Å². The van der Waals surface area contributed by atoms with Crippen molar-refractivity contribution in [1.29, 1.82) is 0 Å². The summed E-state index contributed by atoms with van der Waals surface area (Å²) in [6.07, 6.45) is 1.82. The maximum atomic E-state index is 12.1. The van der Waals surface area contributed by atoms with Gasteiger partial charge in [0, 0.05) is 6.42 Å². The first-order chi connectivity index (χ1) is 10.5. The zero-order chi connectivity index (χ0) is 16.2. The Morgan fingerprint density at radius 1 is 1.23 bits per heavy atom. The van der Waals surface area contributed by atoms with Gasteiger partial charge < -0.3 is 9.47 Å². The van der Waals surface area contributed by atoms with Gasteiger partial charge in [0.25, 0.3) is 0 Å². The summed E-state index contributed by atoms with van der Waals surface area (Å²) in [5.41, 5.74) is -0.213. The fraction of sp³-hybridized carbons (Fsp3) is 0.353. The molecule has 1 aliphatic rings. The van der Waals surface area contributed by atoms with Gasteiger partial charge >= 0.3 is 11.9 Å². The molecule has 1 aromatic rings. The Morgan fingerprint density at radius 2 is 1.91 bits per heavy atom. The predicted octanol–water partition coefficient (Wildman–Crippen LogP) is 2.20. The molecule has 0 aromatic heterocycles. The van der Waals surface area contributed by atoms with E-state index in [1.807, 2.05) is 30.3 Å². The molecule has 5 heteroatoms. The van der Waals surface area contributed by atoms with Crippen LogP contribution in [0.4, 0.5) is 0 Å². The van der Waals surface area contributed by atoms with E-state index in [1.54, 1.807) is 6.92 Å². The molecule has 0 spiro atoms. The minimum absolute atomic E-state index is 0.0740. The number of ketones is 1. The summed E-state index contributed by atoms with van der Waals surface area (Å²) in [7, 11) is 1.28. The normalized spacial score (nSPS) is 21.0. The van der Waals surface area contributed by atoms with E-state index < -0.39 is 17.4 Å². The SMILES string of the molecule is COC(=O)[C@@]1(C)C=C(C(=O)OCc2ccccc2)C(=O)CC1. The maximum absolute atomic E-state index is 12.1. The van der Waals surface area contributed by atoms with Crippen LogP contribution >= 0.6 is 0 Å². The summed E-state index contributed by atoms with van der Waals surface area (Å²) in [6, 6.07) is 9.18. The molecule has 0 saturated carbocycles. The van der Waals surface area contributed by atoms with Gasteiger partial charge in [0.1, 0.15) is 6.61 Å². The van der Waals surface area contributed by atoms with Crippen LogP contribution in [0.25, 0.3) is 0 Å². The standard InChI is InChI=1S/C17H18O5/c1-17(16(20)21-2)9-8-14(18)13(10-17)15(19)22-11-12-6-4-3-5-7-12/h3-7,10H,8-9,11H2,1-2H3/t17-/m1/s1. The zero-order valence-electron chi connectivity index (χ0n) is 12.6. The van der Waals surface area contributed by atoms with Crippen molar-refractivity contribution < 1.29 is 23.9 Å². The largest absolute Gasteiger partial charge is 0.468 e. The molecule has 116 valence electrons. The number of rotatable bonds is 4. The number of carbonyl (C=O) groups excluding carboxylic acids is 3. The van der Waals surface area contributed by atoms with Crippen molar-refractivity contribution in [2.45, 2.75) is 26.4 Å². The molecule has 0 fully saturated rings. The fourth-order valence-electron chi connectivity index (χ4n) is 2.35. The number of methoxy groups -OCH3 is 1. The van der Waals surface area contributed by atoms with Crippen LogP contribution in [0.5, 0.6) is 0 Å². The van der Waals surface area contributed by atoms with Crippen molar-refractivity contribution in [2.24, 2.45) is 5.41 Å². The lowest BCUT2D eigenvalue weighted by atomic mass is 9.77. The Balaban J connectivity index is 2.12. The quantitative estimate of drug-likeness (QED) is 0.630. The molecule has 0 bridgehead atoms. The molecule has 22 heavy (non-hydrogen) atoms. The van der Waals surface area contributed by atoms with Gasteiger partial charge in [0.15, 0.2) is 5.78 Å². The third-order valence-electron chi connectivity index (χ3n) is 3.72. The summed E-state index contributed by atoms with van der Waals surface area (Å²) in [5, 5.41) is 0. The van der Waals surface area contributed by atoms with Gasteiger partial charge in [-0.2, -0.15) is 0 Å². The van der Waals surface area contributed by atoms with Crippen LogP contribution in [0.2, 0.25) is 0 Å². The predicted molar refractivity (Wildman–Crippen MR) is 78.7 cm³/mol. The number of carbonyl (C=O) groups is 3. The third-order valence-corrected chi connectivity index (χ3v) is 3.72. The molecular weight excluding hydrogens is 284 g/mol. The molecule has 0 amide bonds. The number of Topliss-reactive ketones (excluding diaryl/α,β-unsaturated/α-hetero) is 1. The highest BCUT2D eigenvalue weighted by molar-refractivity contribution is 6.18. The molecule has 2 rings (SSSR count). The van der Waals surface area contributed by atoms with Crippen molar-refractivity contribution in [3.05, 3.63) is 47.5 Å². The highest BCUT2D eigenvalue weighted by Gasteiger charge is 2.39. The lowest BCUT2D eigenvalue weighted by molar-refractivity contribution is -0.150. The molecule has 0 unspecified atom stereocenters. The minimum atomic E-state index is -0.968. The number of hydrogen-bond donors (Lipinski definition) is 0. The van der Waals surface area contributed by atoms with E-state index in [1.165, 1.54) is 13.2 Å². The van der Waals surface area contributed by atoms with Crippen LogP contribution in [0.3, 0.4) is 0 Å². The molecule has 0 N–H and O–H groups in total. The zero-order valence-corrected chi connectivity index (χ0v) is 12.6. The van der Waals surface area contributed by atoms with Gasteiger partial charge in [0.05, 0.1) is 18.1 Å². The Kier molecular flexibility index (Phi) is 4.75. The summed E-state index contributed by atoms with van der Waals surface area (Å²) in [6.45, 7) is 1.73. The highest BCUT2D eigenvalue weighted by atomic mass is 16.5. The second kappa shape index (κ2) is 6.56. The van der Waals surface area contributed by atoms with Gasteiger partial charge in [-0.1, -0.05) is 30.3 Å². The molecule has 1 aromatic carbocycles. The topological polar surface area (TPSA) is 69.7 Å². The van der Waals surface area contributed by atoms with Crippen LogP contribution in [-0.4, -0.2) is 24.8 Å². The summed E-state index contributed by atoms with van der Waals surface area (Å²) >= 11 is 0. The van der Waals surface area contributed by atoms with Crippen molar-refractivity contribution >= 4 is 17.7 Å². The van der Waals surface area contributed by atoms with Gasteiger partial charge in [-0.15, -0.1) is 0 Å². The van der Waals surface area contributed by atoms with Crippen molar-refractivity contribution in [2.75, 3.05) is 7.11 Å². The first-order valence-electron chi connectivity index (χ1n) is 7.02. The first-order valence-corrected chi connectivity index (χ1v) is 7.02. The Morgan fingerprint density at radius 3 is 2.55 bits per heavy atom. The number of ether oxygens (including phenoxy) is 2. The third kappa shape index (κ3) is 3.42. The van der Waals surface area contributed by atoms with Crippen LogP contribution in [0.1, 0.15) is 25.3 Å². The molecule has 1 atom stereocenters. The fourth-order valence-corrected chi connectivity index (χ4v) is 2.35. The van der Waals surface area contributed by atoms with Gasteiger partial charge in [0.2, 0.25) is 0 Å². The van der Waals surface area contributed by atoms with Crippen LogP contribution in [0, 0.1) is 5.41 Å². The highest BCUT2D eigenvalue weighted by Crippen LogP contribution is 2.33. The van der Waals surface area contributed by atoms with Crippen LogP contribution < -0.4 is 0 Å². The van der Waals surface area contributed by atoms with Crippen molar-refractivity contribution in [3.8, 4) is 0 Å². The minimum Gasteiger partial charge on any atom is -0.468 e. The van der Waals surface area contributed by atoms with E-state index in [0.717, 1.165) is 5.56 Å². The average Bonchev–Trinajstić information content (AvgIpc) is 2.55. The Hall–Kier alpha value is -2.43. The van der Waals surface area contributed by atoms with E-state index in [9.17, 15) is 14.4 Å². The lowest BCUT2D eigenvalue weighted by Crippen LogP contribution is -2.34. The maximum Gasteiger partial charge on any atom is 0.341 e. The van der Waals surface area contributed by atoms with E-state index >= 15 is 0 Å². The Labute approximate surface area is 128 Å². The molecule has 1 aliphatic carbocycles. The average molecular weight is 302 g/mol. The summed E-state index contributed by atoms with van der Waals surface area (Å²) in [4.78, 5) is 35.9. The van der Waals surface area contributed by atoms with Crippen molar-refractivity contribution in [3.63, 3.8) is 0 Å². The summed E-state index contributed by atoms with van der Waals surface area (Å²) in [5.74, 6) is -1.48. The number of benzene rings is 1. The van der Waals surface area contributed by atoms with Crippen LogP contribution in [-0.2, 0) is 30.5 Å². The second-order valence-corrected chi connectivity index (χ2v) is 5.45. The second-order valence-electron chi connectivity index (χ2n) is 5.45. The van der Waals surface area contributed by atoms with Crippen molar-refractivity contribution in [1.82, 2.24) is 0 Å². The molecule has 5 nitrogen and oxygen atoms in total. The lowest BCUT2D eigenvalue weighted by Gasteiger charge is -2.27. The Bertz CT molecular complexity index is 617.